The fourth-order valence-electron chi connectivity index (χ4n) is 3.05. The second-order valence-electron chi connectivity index (χ2n) is 8.18. The topological polar surface area (TPSA) is 129 Å². The predicted octanol–water partition coefficient (Wildman–Crippen LogP) is 3.22. The molecule has 9 heteroatoms. The van der Waals surface area contributed by atoms with Gasteiger partial charge in [0, 0.05) is 24.2 Å². The average Bonchev–Trinajstić information content (AvgIpc) is 3.29. The molecule has 3 rings (SSSR count). The van der Waals surface area contributed by atoms with Gasteiger partial charge < -0.3 is 15.4 Å². The maximum absolute atomic E-state index is 11.9. The SMILES string of the molecule is CC(C)(C)CNC(=O)OC1CCC(c2cc(Nc3cnc(C#N)cn3)n[nH]2)C1. The summed E-state index contributed by atoms with van der Waals surface area (Å²) in [4.78, 5) is 20.0. The summed E-state index contributed by atoms with van der Waals surface area (Å²) >= 11 is 0. The summed E-state index contributed by atoms with van der Waals surface area (Å²) in [5.41, 5.74) is 1.28. The molecule has 1 fully saturated rings. The average molecular weight is 383 g/mol. The molecule has 1 aliphatic rings. The van der Waals surface area contributed by atoms with Crippen LogP contribution in [0.1, 0.15) is 57.3 Å². The van der Waals surface area contributed by atoms with E-state index in [9.17, 15) is 4.79 Å². The summed E-state index contributed by atoms with van der Waals surface area (Å²) in [6.45, 7) is 6.76. The van der Waals surface area contributed by atoms with Gasteiger partial charge in [-0.05, 0) is 24.7 Å². The van der Waals surface area contributed by atoms with Crippen molar-refractivity contribution in [1.82, 2.24) is 25.5 Å². The number of hydrogen-bond acceptors (Lipinski definition) is 7. The minimum atomic E-state index is -0.355. The minimum absolute atomic E-state index is 0.0237. The summed E-state index contributed by atoms with van der Waals surface area (Å²) in [7, 11) is 0. The molecular formula is C19H25N7O2. The van der Waals surface area contributed by atoms with E-state index in [2.05, 4.69) is 51.6 Å². The van der Waals surface area contributed by atoms with Gasteiger partial charge in [0.2, 0.25) is 0 Å². The highest BCUT2D eigenvalue weighted by Gasteiger charge is 2.30. The van der Waals surface area contributed by atoms with E-state index in [0.29, 0.717) is 18.2 Å². The molecule has 148 valence electrons. The Morgan fingerprint density at radius 2 is 2.14 bits per heavy atom. The molecule has 28 heavy (non-hydrogen) atoms. The lowest BCUT2D eigenvalue weighted by molar-refractivity contribution is 0.0974. The van der Waals surface area contributed by atoms with Crippen molar-refractivity contribution in [2.45, 2.75) is 52.1 Å². The second-order valence-corrected chi connectivity index (χ2v) is 8.18. The Bertz CT molecular complexity index is 848. The number of nitriles is 1. The molecule has 3 N–H and O–H groups in total. The summed E-state index contributed by atoms with van der Waals surface area (Å²) in [6.07, 6.45) is 4.97. The third-order valence-electron chi connectivity index (χ3n) is 4.48. The molecule has 2 aromatic heterocycles. The molecule has 0 aliphatic heterocycles. The van der Waals surface area contributed by atoms with Crippen molar-refractivity contribution in [3.05, 3.63) is 29.8 Å². The Morgan fingerprint density at radius 1 is 1.32 bits per heavy atom. The van der Waals surface area contributed by atoms with Crippen LogP contribution in [0, 0.1) is 16.7 Å². The van der Waals surface area contributed by atoms with Gasteiger partial charge in [-0.15, -0.1) is 0 Å². The van der Waals surface area contributed by atoms with Gasteiger partial charge in [0.1, 0.15) is 18.0 Å². The van der Waals surface area contributed by atoms with Crippen LogP contribution in [0.4, 0.5) is 16.4 Å². The van der Waals surface area contributed by atoms with Crippen LogP contribution in [-0.2, 0) is 4.74 Å². The standard InChI is InChI=1S/C19H25N7O2/c1-19(2,3)11-23-18(27)28-14-5-4-12(6-14)15-7-16(26-25-15)24-17-10-21-13(8-20)9-22-17/h7,9-10,12,14H,4-6,11H2,1-3H3,(H,23,27)(H2,22,24,25,26). The number of hydrogen-bond donors (Lipinski definition) is 3. The Kier molecular flexibility index (Phi) is 5.78. The number of nitrogens with zero attached hydrogens (tertiary/aromatic N) is 4. The summed E-state index contributed by atoms with van der Waals surface area (Å²) in [5, 5.41) is 21.9. The Morgan fingerprint density at radius 3 is 2.82 bits per heavy atom. The smallest absolute Gasteiger partial charge is 0.407 e. The third-order valence-corrected chi connectivity index (χ3v) is 4.48. The molecule has 0 saturated heterocycles. The highest BCUT2D eigenvalue weighted by Crippen LogP contribution is 2.36. The van der Waals surface area contributed by atoms with E-state index < -0.39 is 0 Å². The van der Waals surface area contributed by atoms with Crippen LogP contribution < -0.4 is 10.6 Å². The van der Waals surface area contributed by atoms with E-state index in [1.807, 2.05) is 12.1 Å². The summed E-state index contributed by atoms with van der Waals surface area (Å²) in [6, 6.07) is 3.85. The van der Waals surface area contributed by atoms with Crippen molar-refractivity contribution in [3.63, 3.8) is 0 Å². The van der Waals surface area contributed by atoms with E-state index >= 15 is 0 Å². The number of carbonyl (C=O) groups excluding carboxylic acids is 1. The largest absolute Gasteiger partial charge is 0.446 e. The van der Waals surface area contributed by atoms with Crippen LogP contribution in [0.3, 0.4) is 0 Å². The van der Waals surface area contributed by atoms with Crippen molar-refractivity contribution in [1.29, 1.82) is 5.26 Å². The van der Waals surface area contributed by atoms with Gasteiger partial charge >= 0.3 is 6.09 Å². The molecule has 0 radical (unpaired) electrons. The number of nitrogens with one attached hydrogen (secondary N) is 3. The van der Waals surface area contributed by atoms with Crippen LogP contribution in [-0.4, -0.2) is 38.9 Å². The number of aromatic nitrogens is 4. The lowest BCUT2D eigenvalue weighted by Gasteiger charge is -2.20. The number of amides is 1. The molecule has 9 nitrogen and oxygen atoms in total. The Balaban J connectivity index is 1.50. The van der Waals surface area contributed by atoms with Crippen LogP contribution in [0.5, 0.6) is 0 Å². The second kappa shape index (κ2) is 8.25. The first-order valence-electron chi connectivity index (χ1n) is 9.31. The van der Waals surface area contributed by atoms with Gasteiger partial charge in [-0.2, -0.15) is 10.4 Å². The molecule has 1 saturated carbocycles. The zero-order chi connectivity index (χ0) is 20.1. The zero-order valence-electron chi connectivity index (χ0n) is 16.3. The molecular weight excluding hydrogens is 358 g/mol. The van der Waals surface area contributed by atoms with Gasteiger partial charge in [-0.1, -0.05) is 20.8 Å². The number of anilines is 2. The molecule has 2 aromatic rings. The lowest BCUT2D eigenvalue weighted by Crippen LogP contribution is -2.34. The van der Waals surface area contributed by atoms with Gasteiger partial charge in [-0.3, -0.25) is 5.10 Å². The van der Waals surface area contributed by atoms with Crippen molar-refractivity contribution in [2.24, 2.45) is 5.41 Å². The van der Waals surface area contributed by atoms with Gasteiger partial charge in [0.25, 0.3) is 0 Å². The summed E-state index contributed by atoms with van der Waals surface area (Å²) in [5.74, 6) is 1.40. The quantitative estimate of drug-likeness (QED) is 0.723. The molecule has 0 spiro atoms. The number of ether oxygens (including phenoxy) is 1. The van der Waals surface area contributed by atoms with Gasteiger partial charge in [0.15, 0.2) is 11.5 Å². The number of aromatic amines is 1. The van der Waals surface area contributed by atoms with Crippen molar-refractivity contribution in [3.8, 4) is 6.07 Å². The Labute approximate surface area is 163 Å². The molecule has 0 aromatic carbocycles. The molecule has 2 atom stereocenters. The maximum Gasteiger partial charge on any atom is 0.407 e. The van der Waals surface area contributed by atoms with E-state index in [-0.39, 0.29) is 29.2 Å². The highest BCUT2D eigenvalue weighted by atomic mass is 16.6. The monoisotopic (exact) mass is 383 g/mol. The summed E-state index contributed by atoms with van der Waals surface area (Å²) < 4.78 is 5.54. The first-order chi connectivity index (χ1) is 13.3. The van der Waals surface area contributed by atoms with E-state index in [0.717, 1.165) is 25.0 Å². The van der Waals surface area contributed by atoms with E-state index in [1.165, 1.54) is 12.4 Å². The lowest BCUT2D eigenvalue weighted by atomic mass is 9.97. The van der Waals surface area contributed by atoms with E-state index in [4.69, 9.17) is 10.00 Å². The first-order valence-corrected chi connectivity index (χ1v) is 9.31. The Hall–Kier alpha value is -3.15. The first kappa shape index (κ1) is 19.6. The van der Waals surface area contributed by atoms with Crippen molar-refractivity contribution in [2.75, 3.05) is 11.9 Å². The molecule has 0 bridgehead atoms. The van der Waals surface area contributed by atoms with Gasteiger partial charge in [0.05, 0.1) is 12.4 Å². The fraction of sp³-hybridized carbons (Fsp3) is 0.526. The van der Waals surface area contributed by atoms with Gasteiger partial charge in [-0.25, -0.2) is 14.8 Å². The maximum atomic E-state index is 11.9. The normalized spacial score (nSPS) is 19.1. The zero-order valence-corrected chi connectivity index (χ0v) is 16.3. The molecule has 1 aliphatic carbocycles. The number of carbonyl (C=O) groups is 1. The van der Waals surface area contributed by atoms with Crippen molar-refractivity contribution < 1.29 is 9.53 Å². The fourth-order valence-corrected chi connectivity index (χ4v) is 3.05. The molecule has 1 amide bonds. The minimum Gasteiger partial charge on any atom is -0.446 e. The number of rotatable bonds is 5. The number of H-pyrrole nitrogens is 1. The molecule has 2 unspecified atom stereocenters. The van der Waals surface area contributed by atoms with Crippen LogP contribution in [0.15, 0.2) is 18.5 Å². The van der Waals surface area contributed by atoms with Crippen molar-refractivity contribution >= 4 is 17.7 Å². The van der Waals surface area contributed by atoms with Crippen LogP contribution in [0.2, 0.25) is 0 Å². The molecule has 2 heterocycles. The highest BCUT2D eigenvalue weighted by molar-refractivity contribution is 5.67. The van der Waals surface area contributed by atoms with Crippen LogP contribution in [0.25, 0.3) is 0 Å². The van der Waals surface area contributed by atoms with Crippen LogP contribution >= 0.6 is 0 Å². The third kappa shape index (κ3) is 5.42. The predicted molar refractivity (Wildman–Crippen MR) is 103 cm³/mol. The van der Waals surface area contributed by atoms with E-state index in [1.54, 1.807) is 0 Å². The number of alkyl carbamates (subject to hydrolysis) is 1.